The summed E-state index contributed by atoms with van der Waals surface area (Å²) in [5.74, 6) is 0.720. The van der Waals surface area contributed by atoms with E-state index in [4.69, 9.17) is 0 Å². The number of allylic oxidation sites excluding steroid dienone is 4. The van der Waals surface area contributed by atoms with E-state index in [0.717, 1.165) is 38.5 Å². The molecule has 0 aromatic rings. The molecule has 0 amide bonds. The maximum atomic E-state index is 12.1. The number of hydrogen-bond donors (Lipinski definition) is 0. The van der Waals surface area contributed by atoms with Gasteiger partial charge in [0.25, 0.3) is 0 Å². The van der Waals surface area contributed by atoms with Crippen molar-refractivity contribution in [2.45, 2.75) is 77.6 Å². The van der Waals surface area contributed by atoms with Crippen molar-refractivity contribution in [3.8, 4) is 0 Å². The number of Topliss-reactive ketones (excluding diaryl/α,β-unsaturated/α-hetero) is 1. The van der Waals surface area contributed by atoms with Crippen molar-refractivity contribution >= 4 is 11.8 Å². The van der Waals surface area contributed by atoms with Gasteiger partial charge in [-0.1, -0.05) is 57.1 Å². The molecule has 0 radical (unpaired) electrons. The van der Waals surface area contributed by atoms with Crippen LogP contribution < -0.4 is 0 Å². The molecule has 3 heteroatoms. The van der Waals surface area contributed by atoms with Crippen molar-refractivity contribution in [1.82, 2.24) is 0 Å². The Morgan fingerprint density at radius 3 is 2.72 bits per heavy atom. The van der Waals surface area contributed by atoms with Crippen molar-refractivity contribution in [3.05, 3.63) is 37.1 Å². The van der Waals surface area contributed by atoms with E-state index in [1.165, 1.54) is 31.9 Å². The Morgan fingerprint density at radius 1 is 1.16 bits per heavy atom. The maximum absolute atomic E-state index is 12.1. The van der Waals surface area contributed by atoms with Crippen molar-refractivity contribution in [2.24, 2.45) is 11.8 Å². The topological polar surface area (TPSA) is 43.4 Å². The van der Waals surface area contributed by atoms with Gasteiger partial charge in [0.1, 0.15) is 5.78 Å². The number of carbonyl (C=O) groups is 2. The van der Waals surface area contributed by atoms with E-state index in [2.05, 4.69) is 42.5 Å². The predicted octanol–water partition coefficient (Wildman–Crippen LogP) is 5.91. The molecule has 1 aliphatic carbocycles. The Bertz CT molecular complexity index is 462. The van der Waals surface area contributed by atoms with Gasteiger partial charge in [0.05, 0.1) is 6.26 Å². The lowest BCUT2D eigenvalue weighted by atomic mass is 9.91. The van der Waals surface area contributed by atoms with Gasteiger partial charge in [0, 0.05) is 18.8 Å². The quantitative estimate of drug-likeness (QED) is 0.180. The summed E-state index contributed by atoms with van der Waals surface area (Å²) in [4.78, 5) is 23.3. The fourth-order valence-corrected chi connectivity index (χ4v) is 3.31. The summed E-state index contributed by atoms with van der Waals surface area (Å²) >= 11 is 0. The van der Waals surface area contributed by atoms with Gasteiger partial charge in [-0.3, -0.25) is 9.59 Å². The third kappa shape index (κ3) is 9.42. The first kappa shape index (κ1) is 21.4. The van der Waals surface area contributed by atoms with Crippen LogP contribution in [0.4, 0.5) is 0 Å². The van der Waals surface area contributed by atoms with Crippen LogP contribution >= 0.6 is 0 Å². The Kier molecular flexibility index (Phi) is 11.7. The van der Waals surface area contributed by atoms with Gasteiger partial charge < -0.3 is 4.74 Å². The molecule has 25 heavy (non-hydrogen) atoms. The van der Waals surface area contributed by atoms with Gasteiger partial charge in [-0.2, -0.15) is 0 Å². The monoisotopic (exact) mass is 346 g/mol. The zero-order valence-electron chi connectivity index (χ0n) is 15.8. The number of ether oxygens (including phenoxy) is 1. The standard InChI is InChI=1S/C22H34O3/c1-3-5-6-7-8-11-14-19-17-18-21(23)20(19)15-12-9-10-13-16-22(24)25-4-2/h4,9,11-12,14,19-20H,2-3,5-8,10,13,15-18H2,1H3/t19-,20+/m0/s1. The summed E-state index contributed by atoms with van der Waals surface area (Å²) in [6.07, 6.45) is 20.7. The molecule has 1 aliphatic rings. The zero-order chi connectivity index (χ0) is 18.3. The highest BCUT2D eigenvalue weighted by atomic mass is 16.5. The molecule has 0 aromatic carbocycles. The molecular weight excluding hydrogens is 312 g/mol. The van der Waals surface area contributed by atoms with Crippen LogP contribution in [0, 0.1) is 11.8 Å². The normalized spacial score (nSPS) is 20.6. The van der Waals surface area contributed by atoms with Crippen LogP contribution in [0.25, 0.3) is 0 Å². The van der Waals surface area contributed by atoms with Crippen LogP contribution in [-0.2, 0) is 14.3 Å². The largest absolute Gasteiger partial charge is 0.435 e. The maximum Gasteiger partial charge on any atom is 0.310 e. The van der Waals surface area contributed by atoms with Gasteiger partial charge in [-0.25, -0.2) is 0 Å². The lowest BCUT2D eigenvalue weighted by molar-refractivity contribution is -0.138. The smallest absolute Gasteiger partial charge is 0.310 e. The Labute approximate surface area is 153 Å². The molecule has 0 aliphatic heterocycles. The minimum Gasteiger partial charge on any atom is -0.435 e. The first-order valence-corrected chi connectivity index (χ1v) is 9.83. The summed E-state index contributed by atoms with van der Waals surface area (Å²) in [6.45, 7) is 5.59. The van der Waals surface area contributed by atoms with Crippen molar-refractivity contribution in [1.29, 1.82) is 0 Å². The molecule has 2 atom stereocenters. The number of carbonyl (C=O) groups excluding carboxylic acids is 2. The molecule has 0 N–H and O–H groups in total. The molecule has 1 rings (SSSR count). The van der Waals surface area contributed by atoms with Gasteiger partial charge in [-0.15, -0.1) is 0 Å². The summed E-state index contributed by atoms with van der Waals surface area (Å²) in [7, 11) is 0. The Balaban J connectivity index is 2.25. The van der Waals surface area contributed by atoms with Crippen molar-refractivity contribution in [2.75, 3.05) is 0 Å². The molecule has 1 saturated carbocycles. The molecule has 140 valence electrons. The van der Waals surface area contributed by atoms with E-state index in [9.17, 15) is 9.59 Å². The van der Waals surface area contributed by atoms with E-state index >= 15 is 0 Å². The van der Waals surface area contributed by atoms with E-state index in [1.54, 1.807) is 0 Å². The van der Waals surface area contributed by atoms with Crippen LogP contribution in [0.3, 0.4) is 0 Å². The fourth-order valence-electron chi connectivity index (χ4n) is 3.31. The molecule has 0 bridgehead atoms. The van der Waals surface area contributed by atoms with Gasteiger partial charge in [0.15, 0.2) is 0 Å². The van der Waals surface area contributed by atoms with Crippen molar-refractivity contribution in [3.63, 3.8) is 0 Å². The van der Waals surface area contributed by atoms with E-state index in [1.807, 2.05) is 0 Å². The number of unbranched alkanes of at least 4 members (excludes halogenated alkanes) is 5. The molecular formula is C22H34O3. The first-order chi connectivity index (χ1) is 12.2. The second-order valence-corrected chi connectivity index (χ2v) is 6.81. The summed E-state index contributed by atoms with van der Waals surface area (Å²) in [5.41, 5.74) is 0. The average Bonchev–Trinajstić information content (AvgIpc) is 2.94. The zero-order valence-corrected chi connectivity index (χ0v) is 15.8. The van der Waals surface area contributed by atoms with Crippen LogP contribution in [0.2, 0.25) is 0 Å². The molecule has 0 heterocycles. The Hall–Kier alpha value is -1.64. The van der Waals surface area contributed by atoms with E-state index < -0.39 is 0 Å². The van der Waals surface area contributed by atoms with Gasteiger partial charge >= 0.3 is 5.97 Å². The van der Waals surface area contributed by atoms with E-state index in [-0.39, 0.29) is 11.9 Å². The number of rotatable bonds is 13. The average molecular weight is 347 g/mol. The van der Waals surface area contributed by atoms with Crippen LogP contribution in [-0.4, -0.2) is 11.8 Å². The summed E-state index contributed by atoms with van der Waals surface area (Å²) in [6, 6.07) is 0. The molecule has 0 saturated heterocycles. The SMILES string of the molecule is C=COC(=O)CCCC=CC[C@H]1C(=O)CC[C@@H]1C=CCCCCCC. The summed E-state index contributed by atoms with van der Waals surface area (Å²) in [5, 5.41) is 0. The predicted molar refractivity (Wildman–Crippen MR) is 103 cm³/mol. The van der Waals surface area contributed by atoms with Gasteiger partial charge in [-0.05, 0) is 44.4 Å². The molecule has 0 spiro atoms. The highest BCUT2D eigenvalue weighted by Crippen LogP contribution is 2.32. The number of esters is 1. The van der Waals surface area contributed by atoms with Crippen LogP contribution in [0.5, 0.6) is 0 Å². The highest BCUT2D eigenvalue weighted by Gasteiger charge is 2.31. The Morgan fingerprint density at radius 2 is 1.96 bits per heavy atom. The van der Waals surface area contributed by atoms with E-state index in [0.29, 0.717) is 18.1 Å². The lowest BCUT2D eigenvalue weighted by Crippen LogP contribution is -2.12. The first-order valence-electron chi connectivity index (χ1n) is 9.83. The molecule has 1 fully saturated rings. The summed E-state index contributed by atoms with van der Waals surface area (Å²) < 4.78 is 4.67. The minimum atomic E-state index is -0.237. The lowest BCUT2D eigenvalue weighted by Gasteiger charge is -2.12. The second kappa shape index (κ2) is 13.6. The third-order valence-corrected chi connectivity index (χ3v) is 4.79. The highest BCUT2D eigenvalue weighted by molar-refractivity contribution is 5.83. The molecule has 0 unspecified atom stereocenters. The molecule has 0 aromatic heterocycles. The van der Waals surface area contributed by atoms with Gasteiger partial charge in [0.2, 0.25) is 0 Å². The second-order valence-electron chi connectivity index (χ2n) is 6.81. The minimum absolute atomic E-state index is 0.147. The third-order valence-electron chi connectivity index (χ3n) is 4.79. The van der Waals surface area contributed by atoms with Crippen LogP contribution in [0.1, 0.15) is 77.6 Å². The molecule has 3 nitrogen and oxygen atoms in total. The number of hydrogen-bond acceptors (Lipinski definition) is 3. The number of ketones is 1. The fraction of sp³-hybridized carbons (Fsp3) is 0.636. The van der Waals surface area contributed by atoms with Crippen molar-refractivity contribution < 1.29 is 14.3 Å². The van der Waals surface area contributed by atoms with Crippen LogP contribution in [0.15, 0.2) is 37.1 Å².